The van der Waals surface area contributed by atoms with Gasteiger partial charge in [-0.2, -0.15) is 0 Å². The molecule has 0 bridgehead atoms. The second-order valence-corrected chi connectivity index (χ2v) is 7.41. The van der Waals surface area contributed by atoms with Gasteiger partial charge in [0.2, 0.25) is 10.0 Å². The third-order valence-corrected chi connectivity index (χ3v) is 4.97. The van der Waals surface area contributed by atoms with Crippen LogP contribution in [0.3, 0.4) is 0 Å². The zero-order chi connectivity index (χ0) is 15.9. The molecule has 1 aliphatic rings. The number of sulfonamides is 1. The Kier molecular flexibility index (Phi) is 4.28. The Balaban J connectivity index is 2.33. The summed E-state index contributed by atoms with van der Waals surface area (Å²) in [4.78, 5) is 13.3. The van der Waals surface area contributed by atoms with Crippen LogP contribution < -0.4 is 5.14 Å². The maximum atomic E-state index is 13.7. The highest BCUT2D eigenvalue weighted by atomic mass is 35.5. The molecule has 0 radical (unpaired) electrons. The van der Waals surface area contributed by atoms with Gasteiger partial charge < -0.3 is 4.90 Å². The van der Waals surface area contributed by atoms with Crippen molar-refractivity contribution in [2.75, 3.05) is 13.6 Å². The van der Waals surface area contributed by atoms with Crippen molar-refractivity contribution in [2.45, 2.75) is 18.2 Å². The fourth-order valence-electron chi connectivity index (χ4n) is 2.18. The van der Waals surface area contributed by atoms with E-state index in [1.807, 2.05) is 0 Å². The van der Waals surface area contributed by atoms with Crippen molar-refractivity contribution >= 4 is 27.5 Å². The van der Waals surface area contributed by atoms with Crippen LogP contribution >= 0.6 is 11.6 Å². The molecule has 1 fully saturated rings. The third kappa shape index (κ3) is 3.53. The van der Waals surface area contributed by atoms with Crippen molar-refractivity contribution in [1.29, 1.82) is 0 Å². The average Bonchev–Trinajstić information content (AvgIpc) is 3.05. The Morgan fingerprint density at radius 3 is 2.57 bits per heavy atom. The molecule has 2 atom stereocenters. The lowest BCUT2D eigenvalue weighted by molar-refractivity contribution is 0.0786. The van der Waals surface area contributed by atoms with Crippen LogP contribution in [0.25, 0.3) is 0 Å². The molecule has 0 spiro atoms. The molecule has 5 nitrogen and oxygen atoms in total. The number of rotatable bonds is 4. The fourth-order valence-corrected chi connectivity index (χ4v) is 2.92. The fraction of sp³-hybridized carbons (Fsp3) is 0.462. The summed E-state index contributed by atoms with van der Waals surface area (Å²) in [6.07, 6.45) is 1.04. The minimum atomic E-state index is -4.11. The first-order chi connectivity index (χ1) is 9.61. The Morgan fingerprint density at radius 2 is 2.10 bits per heavy atom. The maximum absolute atomic E-state index is 13.7. The highest BCUT2D eigenvalue weighted by Crippen LogP contribution is 2.38. The molecule has 8 heteroatoms. The minimum absolute atomic E-state index is 0.198. The molecule has 1 saturated carbocycles. The van der Waals surface area contributed by atoms with E-state index < -0.39 is 31.7 Å². The molecule has 21 heavy (non-hydrogen) atoms. The second kappa shape index (κ2) is 5.55. The second-order valence-electron chi connectivity index (χ2n) is 5.47. The smallest absolute Gasteiger partial charge is 0.255 e. The van der Waals surface area contributed by atoms with Gasteiger partial charge in [-0.25, -0.2) is 17.9 Å². The normalized spacial score (nSPS) is 21.2. The van der Waals surface area contributed by atoms with E-state index in [1.165, 1.54) is 4.90 Å². The van der Waals surface area contributed by atoms with E-state index in [0.717, 1.165) is 12.5 Å². The summed E-state index contributed by atoms with van der Waals surface area (Å²) in [6.45, 7) is 2.61. The average molecular weight is 335 g/mol. The molecule has 1 aromatic rings. The predicted octanol–water partition coefficient (Wildman–Crippen LogP) is 1.85. The number of benzene rings is 1. The van der Waals surface area contributed by atoms with Gasteiger partial charge in [0.1, 0.15) is 5.82 Å². The Labute approximate surface area is 127 Å². The molecule has 2 rings (SSSR count). The minimum Gasteiger partial charge on any atom is -0.341 e. The van der Waals surface area contributed by atoms with E-state index in [0.29, 0.717) is 24.4 Å². The summed E-state index contributed by atoms with van der Waals surface area (Å²) >= 11 is 5.78. The first-order valence-corrected chi connectivity index (χ1v) is 8.31. The van der Waals surface area contributed by atoms with Gasteiger partial charge >= 0.3 is 0 Å². The van der Waals surface area contributed by atoms with Crippen molar-refractivity contribution in [2.24, 2.45) is 17.0 Å². The lowest BCUT2D eigenvalue weighted by Crippen LogP contribution is -2.29. The summed E-state index contributed by atoms with van der Waals surface area (Å²) in [7, 11) is -2.54. The van der Waals surface area contributed by atoms with Gasteiger partial charge in [0.25, 0.3) is 5.91 Å². The number of carbonyl (C=O) groups is 1. The molecular formula is C13H16ClFN2O3S. The molecule has 2 N–H and O–H groups in total. The number of hydrogen-bond acceptors (Lipinski definition) is 3. The predicted molar refractivity (Wildman–Crippen MR) is 77.0 cm³/mol. The highest BCUT2D eigenvalue weighted by molar-refractivity contribution is 7.89. The number of amides is 1. The zero-order valence-electron chi connectivity index (χ0n) is 11.6. The molecule has 1 amide bonds. The van der Waals surface area contributed by atoms with Crippen LogP contribution in [0.15, 0.2) is 17.0 Å². The molecule has 116 valence electrons. The Morgan fingerprint density at radius 1 is 1.52 bits per heavy atom. The number of halogens is 2. The van der Waals surface area contributed by atoms with Crippen molar-refractivity contribution in [3.63, 3.8) is 0 Å². The standard InChI is InChI=1S/C13H16ClFN2O3S/c1-7-3-8(7)6-17(2)13(18)10-4-9(21(16,19)20)5-11(15)12(10)14/h4-5,7-8H,3,6H2,1-2H3,(H2,16,19,20). The number of hydrogen-bond donors (Lipinski definition) is 1. The molecule has 0 saturated heterocycles. The van der Waals surface area contributed by atoms with Gasteiger partial charge in [-0.05, 0) is 30.4 Å². The van der Waals surface area contributed by atoms with Crippen LogP contribution in [0.1, 0.15) is 23.7 Å². The van der Waals surface area contributed by atoms with Crippen LogP contribution in [0.5, 0.6) is 0 Å². The lowest BCUT2D eigenvalue weighted by atomic mass is 10.2. The summed E-state index contributed by atoms with van der Waals surface area (Å²) in [6, 6.07) is 1.72. The van der Waals surface area contributed by atoms with Crippen LogP contribution in [0.4, 0.5) is 4.39 Å². The number of primary sulfonamides is 1. The summed E-state index contributed by atoms with van der Waals surface area (Å²) in [5.41, 5.74) is -0.198. The third-order valence-electron chi connectivity index (χ3n) is 3.69. The quantitative estimate of drug-likeness (QED) is 0.912. The highest BCUT2D eigenvalue weighted by Gasteiger charge is 2.34. The Hall–Kier alpha value is -1.18. The van der Waals surface area contributed by atoms with Crippen LogP contribution in [0, 0.1) is 17.7 Å². The summed E-state index contributed by atoms with van der Waals surface area (Å²) < 4.78 is 36.3. The van der Waals surface area contributed by atoms with Crippen LogP contribution in [-0.4, -0.2) is 32.8 Å². The number of carbonyl (C=O) groups excluding carboxylic acids is 1. The van der Waals surface area contributed by atoms with E-state index in [4.69, 9.17) is 16.7 Å². The summed E-state index contributed by atoms with van der Waals surface area (Å²) in [5, 5.41) is 4.57. The van der Waals surface area contributed by atoms with Gasteiger partial charge in [-0.3, -0.25) is 4.79 Å². The van der Waals surface area contributed by atoms with E-state index >= 15 is 0 Å². The SMILES string of the molecule is CC1CC1CN(C)C(=O)c1cc(S(N)(=O)=O)cc(F)c1Cl. The lowest BCUT2D eigenvalue weighted by Gasteiger charge is -2.18. The van der Waals surface area contributed by atoms with E-state index in [9.17, 15) is 17.6 Å². The van der Waals surface area contributed by atoms with Gasteiger partial charge in [-0.15, -0.1) is 0 Å². The molecular weight excluding hydrogens is 319 g/mol. The first kappa shape index (κ1) is 16.2. The molecule has 0 aromatic heterocycles. The monoisotopic (exact) mass is 334 g/mol. The van der Waals surface area contributed by atoms with Crippen LogP contribution in [0.2, 0.25) is 5.02 Å². The molecule has 2 unspecified atom stereocenters. The summed E-state index contributed by atoms with van der Waals surface area (Å²) in [5.74, 6) is -0.532. The van der Waals surface area contributed by atoms with E-state index in [-0.39, 0.29) is 5.56 Å². The van der Waals surface area contributed by atoms with Gasteiger partial charge in [0.15, 0.2) is 0 Å². The van der Waals surface area contributed by atoms with E-state index in [2.05, 4.69) is 6.92 Å². The van der Waals surface area contributed by atoms with Gasteiger partial charge in [-0.1, -0.05) is 18.5 Å². The number of nitrogens with two attached hydrogens (primary N) is 1. The maximum Gasteiger partial charge on any atom is 0.255 e. The van der Waals surface area contributed by atoms with Crippen molar-refractivity contribution in [3.05, 3.63) is 28.5 Å². The van der Waals surface area contributed by atoms with Crippen molar-refractivity contribution in [3.8, 4) is 0 Å². The van der Waals surface area contributed by atoms with Crippen molar-refractivity contribution < 1.29 is 17.6 Å². The topological polar surface area (TPSA) is 80.5 Å². The van der Waals surface area contributed by atoms with Gasteiger partial charge in [0, 0.05) is 13.6 Å². The van der Waals surface area contributed by atoms with Crippen LogP contribution in [-0.2, 0) is 10.0 Å². The first-order valence-electron chi connectivity index (χ1n) is 6.38. The molecule has 0 aliphatic heterocycles. The Bertz CT molecular complexity index is 693. The largest absolute Gasteiger partial charge is 0.341 e. The zero-order valence-corrected chi connectivity index (χ0v) is 13.2. The molecule has 0 heterocycles. The molecule has 1 aliphatic carbocycles. The number of nitrogens with zero attached hydrogens (tertiary/aromatic N) is 1. The molecule has 1 aromatic carbocycles. The van der Waals surface area contributed by atoms with E-state index in [1.54, 1.807) is 7.05 Å². The van der Waals surface area contributed by atoms with Crippen molar-refractivity contribution in [1.82, 2.24) is 4.90 Å². The van der Waals surface area contributed by atoms with Gasteiger partial charge in [0.05, 0.1) is 15.5 Å².